The van der Waals surface area contributed by atoms with Gasteiger partial charge < -0.3 is 10.2 Å². The Kier molecular flexibility index (Phi) is 3.66. The zero-order valence-electron chi connectivity index (χ0n) is 13.5. The summed E-state index contributed by atoms with van der Waals surface area (Å²) in [5.41, 5.74) is 4.23. The SMILES string of the molecule is Cc1ccccc1-c1ccccc1C(=O)N1CC[C@@H]2CNC[C@@H]21. The fourth-order valence-corrected chi connectivity index (χ4v) is 4.04. The van der Waals surface area contributed by atoms with Crippen LogP contribution >= 0.6 is 0 Å². The standard InChI is InChI=1S/C20H22N2O/c1-14-6-2-3-7-16(14)17-8-4-5-9-18(17)20(23)22-11-10-15-12-21-13-19(15)22/h2-9,15,19,21H,10-13H2,1H3/t15-,19+/m1/s1. The van der Waals surface area contributed by atoms with Gasteiger partial charge in [-0.3, -0.25) is 4.79 Å². The van der Waals surface area contributed by atoms with Crippen molar-refractivity contribution in [3.05, 3.63) is 59.7 Å². The molecule has 4 rings (SSSR count). The van der Waals surface area contributed by atoms with Gasteiger partial charge in [-0.2, -0.15) is 0 Å². The number of nitrogens with one attached hydrogen (secondary N) is 1. The monoisotopic (exact) mass is 306 g/mol. The molecule has 2 aromatic carbocycles. The van der Waals surface area contributed by atoms with Crippen molar-refractivity contribution in [2.24, 2.45) is 5.92 Å². The minimum atomic E-state index is 0.181. The second-order valence-electron chi connectivity index (χ2n) is 6.63. The maximum atomic E-state index is 13.2. The zero-order valence-corrected chi connectivity index (χ0v) is 13.5. The number of hydrogen-bond acceptors (Lipinski definition) is 2. The molecule has 0 bridgehead atoms. The predicted octanol–water partition coefficient (Wildman–Crippen LogP) is 3.10. The summed E-state index contributed by atoms with van der Waals surface area (Å²) in [4.78, 5) is 15.3. The molecule has 2 heterocycles. The Labute approximate surface area is 137 Å². The second-order valence-corrected chi connectivity index (χ2v) is 6.63. The van der Waals surface area contributed by atoms with E-state index in [1.807, 2.05) is 30.3 Å². The van der Waals surface area contributed by atoms with Crippen molar-refractivity contribution in [1.82, 2.24) is 10.2 Å². The van der Waals surface area contributed by atoms with Crippen LogP contribution in [0.15, 0.2) is 48.5 Å². The van der Waals surface area contributed by atoms with E-state index in [4.69, 9.17) is 0 Å². The fourth-order valence-electron chi connectivity index (χ4n) is 4.04. The van der Waals surface area contributed by atoms with Crippen molar-refractivity contribution in [2.75, 3.05) is 19.6 Å². The van der Waals surface area contributed by atoms with Gasteiger partial charge >= 0.3 is 0 Å². The number of amides is 1. The highest BCUT2D eigenvalue weighted by Crippen LogP contribution is 2.32. The number of nitrogens with zero attached hydrogens (tertiary/aromatic N) is 1. The van der Waals surface area contributed by atoms with Crippen LogP contribution in [0.25, 0.3) is 11.1 Å². The first kappa shape index (κ1) is 14.5. The molecule has 2 fully saturated rings. The largest absolute Gasteiger partial charge is 0.334 e. The number of carbonyl (C=O) groups excluding carboxylic acids is 1. The van der Waals surface area contributed by atoms with Crippen LogP contribution in [0.1, 0.15) is 22.3 Å². The van der Waals surface area contributed by atoms with Gasteiger partial charge in [0.2, 0.25) is 0 Å². The molecule has 2 aliphatic rings. The van der Waals surface area contributed by atoms with E-state index in [9.17, 15) is 4.79 Å². The summed E-state index contributed by atoms with van der Waals surface area (Å²) in [7, 11) is 0. The maximum absolute atomic E-state index is 13.2. The molecule has 1 N–H and O–H groups in total. The van der Waals surface area contributed by atoms with E-state index in [0.29, 0.717) is 12.0 Å². The molecule has 0 spiro atoms. The number of hydrogen-bond donors (Lipinski definition) is 1. The number of benzene rings is 2. The van der Waals surface area contributed by atoms with Crippen LogP contribution in [-0.2, 0) is 0 Å². The first-order valence-electron chi connectivity index (χ1n) is 8.42. The minimum Gasteiger partial charge on any atom is -0.334 e. The second kappa shape index (κ2) is 5.82. The van der Waals surface area contributed by atoms with Crippen LogP contribution in [-0.4, -0.2) is 36.5 Å². The van der Waals surface area contributed by atoms with Gasteiger partial charge in [-0.25, -0.2) is 0 Å². The summed E-state index contributed by atoms with van der Waals surface area (Å²) in [6, 6.07) is 16.7. The first-order chi connectivity index (χ1) is 11.3. The van der Waals surface area contributed by atoms with E-state index < -0.39 is 0 Å². The molecular formula is C20H22N2O. The maximum Gasteiger partial charge on any atom is 0.254 e. The van der Waals surface area contributed by atoms with E-state index >= 15 is 0 Å². The first-order valence-corrected chi connectivity index (χ1v) is 8.42. The number of carbonyl (C=O) groups is 1. The Morgan fingerprint density at radius 3 is 2.61 bits per heavy atom. The molecule has 0 aliphatic carbocycles. The predicted molar refractivity (Wildman–Crippen MR) is 92.4 cm³/mol. The van der Waals surface area contributed by atoms with Gasteiger partial charge in [0.1, 0.15) is 0 Å². The van der Waals surface area contributed by atoms with Crippen molar-refractivity contribution in [3.8, 4) is 11.1 Å². The summed E-state index contributed by atoms with van der Waals surface area (Å²) in [6.45, 7) is 4.97. The molecule has 2 saturated heterocycles. The van der Waals surface area contributed by atoms with Crippen LogP contribution in [0.4, 0.5) is 0 Å². The molecule has 23 heavy (non-hydrogen) atoms. The molecular weight excluding hydrogens is 284 g/mol. The van der Waals surface area contributed by atoms with Gasteiger partial charge in [0, 0.05) is 31.2 Å². The summed E-state index contributed by atoms with van der Waals surface area (Å²) in [5, 5.41) is 3.42. The van der Waals surface area contributed by atoms with Gasteiger partial charge in [-0.15, -0.1) is 0 Å². The third-order valence-electron chi connectivity index (χ3n) is 5.30. The van der Waals surface area contributed by atoms with E-state index in [1.165, 1.54) is 5.56 Å². The molecule has 0 aromatic heterocycles. The summed E-state index contributed by atoms with van der Waals surface area (Å²) < 4.78 is 0. The van der Waals surface area contributed by atoms with Crippen LogP contribution < -0.4 is 5.32 Å². The lowest BCUT2D eigenvalue weighted by Crippen LogP contribution is -2.39. The van der Waals surface area contributed by atoms with Crippen LogP contribution in [0.2, 0.25) is 0 Å². The lowest BCUT2D eigenvalue weighted by molar-refractivity contribution is 0.0738. The van der Waals surface area contributed by atoms with Crippen molar-refractivity contribution >= 4 is 5.91 Å². The Bertz CT molecular complexity index is 740. The number of aryl methyl sites for hydroxylation is 1. The molecule has 3 nitrogen and oxygen atoms in total. The lowest BCUT2D eigenvalue weighted by Gasteiger charge is -2.25. The summed E-state index contributed by atoms with van der Waals surface area (Å²) in [6.07, 6.45) is 1.12. The molecule has 3 heteroatoms. The molecule has 2 atom stereocenters. The molecule has 2 aromatic rings. The number of fused-ring (bicyclic) bond motifs is 1. The average Bonchev–Trinajstić information content (AvgIpc) is 3.18. The Hall–Kier alpha value is -2.13. The Morgan fingerprint density at radius 2 is 1.78 bits per heavy atom. The fraction of sp³-hybridized carbons (Fsp3) is 0.350. The van der Waals surface area contributed by atoms with E-state index in [0.717, 1.165) is 42.7 Å². The van der Waals surface area contributed by atoms with E-state index in [1.54, 1.807) is 0 Å². The highest BCUT2D eigenvalue weighted by atomic mass is 16.2. The minimum absolute atomic E-state index is 0.181. The third kappa shape index (κ3) is 2.45. The third-order valence-corrected chi connectivity index (χ3v) is 5.30. The van der Waals surface area contributed by atoms with Crippen LogP contribution in [0.5, 0.6) is 0 Å². The van der Waals surface area contributed by atoms with Crippen molar-refractivity contribution in [2.45, 2.75) is 19.4 Å². The van der Waals surface area contributed by atoms with Gasteiger partial charge in [-0.1, -0.05) is 42.5 Å². The summed E-state index contributed by atoms with van der Waals surface area (Å²) in [5.74, 6) is 0.810. The number of likely N-dealkylation sites (tertiary alicyclic amines) is 1. The molecule has 118 valence electrons. The van der Waals surface area contributed by atoms with Gasteiger partial charge in [0.05, 0.1) is 0 Å². The topological polar surface area (TPSA) is 32.3 Å². The quantitative estimate of drug-likeness (QED) is 0.924. The normalized spacial score (nSPS) is 23.1. The lowest BCUT2D eigenvalue weighted by atomic mass is 9.95. The van der Waals surface area contributed by atoms with Crippen molar-refractivity contribution < 1.29 is 4.79 Å². The average molecular weight is 306 g/mol. The smallest absolute Gasteiger partial charge is 0.254 e. The molecule has 0 unspecified atom stereocenters. The van der Waals surface area contributed by atoms with E-state index in [2.05, 4.69) is 35.3 Å². The molecule has 2 aliphatic heterocycles. The molecule has 0 saturated carbocycles. The van der Waals surface area contributed by atoms with Crippen LogP contribution in [0.3, 0.4) is 0 Å². The van der Waals surface area contributed by atoms with Gasteiger partial charge in [0.15, 0.2) is 0 Å². The van der Waals surface area contributed by atoms with Gasteiger partial charge in [0.25, 0.3) is 5.91 Å². The van der Waals surface area contributed by atoms with Crippen molar-refractivity contribution in [3.63, 3.8) is 0 Å². The Balaban J connectivity index is 1.72. The highest BCUT2D eigenvalue weighted by Gasteiger charge is 2.40. The van der Waals surface area contributed by atoms with E-state index in [-0.39, 0.29) is 5.91 Å². The Morgan fingerprint density at radius 1 is 1.04 bits per heavy atom. The summed E-state index contributed by atoms with van der Waals surface area (Å²) >= 11 is 0. The highest BCUT2D eigenvalue weighted by molar-refractivity contribution is 6.01. The van der Waals surface area contributed by atoms with Gasteiger partial charge in [-0.05, 0) is 42.0 Å². The molecule has 0 radical (unpaired) electrons. The molecule has 1 amide bonds. The van der Waals surface area contributed by atoms with Crippen LogP contribution in [0, 0.1) is 12.8 Å². The number of rotatable bonds is 2. The van der Waals surface area contributed by atoms with Crippen molar-refractivity contribution in [1.29, 1.82) is 0 Å². The zero-order chi connectivity index (χ0) is 15.8.